The highest BCUT2D eigenvalue weighted by Crippen LogP contribution is 2.32. The molecule has 1 N–H and O–H groups in total. The normalized spacial score (nSPS) is 11.3. The Morgan fingerprint density at radius 1 is 1.47 bits per heavy atom. The van der Waals surface area contributed by atoms with Crippen molar-refractivity contribution < 1.29 is 4.92 Å². The van der Waals surface area contributed by atoms with Gasteiger partial charge >= 0.3 is 5.69 Å². The van der Waals surface area contributed by atoms with Gasteiger partial charge < -0.3 is 5.32 Å². The maximum absolute atomic E-state index is 11.0. The van der Waals surface area contributed by atoms with E-state index >= 15 is 0 Å². The van der Waals surface area contributed by atoms with Gasteiger partial charge in [0.1, 0.15) is 5.01 Å². The average Bonchev–Trinajstić information content (AvgIpc) is 2.85. The number of rotatable bonds is 4. The first kappa shape index (κ1) is 13.9. The maximum atomic E-state index is 11.0. The molecule has 0 aliphatic rings. The first-order chi connectivity index (χ1) is 8.90. The molecule has 0 fully saturated rings. The van der Waals surface area contributed by atoms with Crippen LogP contribution in [0.15, 0.2) is 28.3 Å². The Morgan fingerprint density at radius 3 is 2.79 bits per heavy atom. The van der Waals surface area contributed by atoms with Crippen LogP contribution in [0.3, 0.4) is 0 Å². The number of nitrogens with one attached hydrogen (secondary N) is 1. The molecule has 19 heavy (non-hydrogen) atoms. The molecule has 0 atom stereocenters. The summed E-state index contributed by atoms with van der Waals surface area (Å²) in [6.45, 7) is 3.80. The molecule has 0 saturated carbocycles. The van der Waals surface area contributed by atoms with E-state index in [1.807, 2.05) is 19.2 Å². The molecule has 2 rings (SSSR count). The van der Waals surface area contributed by atoms with E-state index in [0.29, 0.717) is 4.47 Å². The van der Waals surface area contributed by atoms with Gasteiger partial charge in [-0.05, 0) is 29.8 Å². The molecule has 0 bridgehead atoms. The van der Waals surface area contributed by atoms with Crippen LogP contribution in [0, 0.1) is 10.1 Å². The number of nitro groups is 1. The quantitative estimate of drug-likeness (QED) is 0.678. The summed E-state index contributed by atoms with van der Waals surface area (Å²) in [4.78, 5) is 18.9. The fourth-order valence-electron chi connectivity index (χ4n) is 1.55. The van der Waals surface area contributed by atoms with Crippen molar-refractivity contribution in [1.29, 1.82) is 0 Å². The average molecular weight is 343 g/mol. The first-order valence-corrected chi connectivity index (χ1v) is 7.05. The second kappa shape index (κ2) is 5.22. The Labute approximate surface area is 122 Å². The highest BCUT2D eigenvalue weighted by Gasteiger charge is 2.27. The minimum absolute atomic E-state index is 0.0704. The minimum atomic E-state index is -0.528. The summed E-state index contributed by atoms with van der Waals surface area (Å²) >= 11 is 4.66. The monoisotopic (exact) mass is 342 g/mol. The molecule has 0 aromatic carbocycles. The van der Waals surface area contributed by atoms with E-state index in [9.17, 15) is 10.1 Å². The highest BCUT2D eigenvalue weighted by molar-refractivity contribution is 9.10. The molecule has 6 nitrogen and oxygen atoms in total. The fourth-order valence-corrected chi connectivity index (χ4v) is 2.58. The lowest BCUT2D eigenvalue weighted by Gasteiger charge is -2.24. The van der Waals surface area contributed by atoms with Gasteiger partial charge in [-0.1, -0.05) is 0 Å². The lowest BCUT2D eigenvalue weighted by atomic mass is 10.1. The molecule has 0 radical (unpaired) electrons. The van der Waals surface area contributed by atoms with Crippen LogP contribution >= 0.6 is 27.3 Å². The van der Waals surface area contributed by atoms with Gasteiger partial charge in [-0.2, -0.15) is 0 Å². The standard InChI is InChI=1S/C11H11BrN4O2S/c1-11(2,10-13-3-4-19-10)15-9-8(16(17)18)5-7(12)6-14-9/h3-6H,1-2H3,(H,14,15). The summed E-state index contributed by atoms with van der Waals surface area (Å²) in [5.74, 6) is 0.230. The summed E-state index contributed by atoms with van der Waals surface area (Å²) in [6, 6.07) is 1.42. The number of hydrogen-bond donors (Lipinski definition) is 1. The van der Waals surface area contributed by atoms with Gasteiger partial charge in [-0.25, -0.2) is 9.97 Å². The Hall–Kier alpha value is -1.54. The van der Waals surface area contributed by atoms with E-state index in [-0.39, 0.29) is 11.5 Å². The van der Waals surface area contributed by atoms with Gasteiger partial charge in [0.2, 0.25) is 5.82 Å². The van der Waals surface area contributed by atoms with Crippen LogP contribution < -0.4 is 5.32 Å². The topological polar surface area (TPSA) is 81.0 Å². The largest absolute Gasteiger partial charge is 0.353 e. The predicted molar refractivity (Wildman–Crippen MR) is 77.4 cm³/mol. The van der Waals surface area contributed by atoms with Crippen molar-refractivity contribution in [2.75, 3.05) is 5.32 Å². The zero-order chi connectivity index (χ0) is 14.0. The third-order valence-electron chi connectivity index (χ3n) is 2.43. The second-order valence-corrected chi connectivity index (χ2v) is 6.18. The van der Waals surface area contributed by atoms with E-state index in [1.165, 1.54) is 23.6 Å². The molecule has 2 aromatic rings. The molecule has 0 aliphatic heterocycles. The van der Waals surface area contributed by atoms with Crippen molar-refractivity contribution in [2.24, 2.45) is 0 Å². The van der Waals surface area contributed by atoms with E-state index in [1.54, 1.807) is 6.20 Å². The van der Waals surface area contributed by atoms with Gasteiger partial charge in [0.15, 0.2) is 0 Å². The zero-order valence-corrected chi connectivity index (χ0v) is 12.7. The maximum Gasteiger partial charge on any atom is 0.312 e. The summed E-state index contributed by atoms with van der Waals surface area (Å²) in [7, 11) is 0. The molecular weight excluding hydrogens is 332 g/mol. The van der Waals surface area contributed by atoms with Crippen molar-refractivity contribution in [3.63, 3.8) is 0 Å². The van der Waals surface area contributed by atoms with E-state index in [0.717, 1.165) is 5.01 Å². The number of hydrogen-bond acceptors (Lipinski definition) is 6. The van der Waals surface area contributed by atoms with Gasteiger partial charge in [0, 0.05) is 28.3 Å². The van der Waals surface area contributed by atoms with Gasteiger partial charge in [0.25, 0.3) is 0 Å². The summed E-state index contributed by atoms with van der Waals surface area (Å²) in [5, 5.41) is 16.8. The van der Waals surface area contributed by atoms with Crippen LogP contribution in [-0.4, -0.2) is 14.9 Å². The Morgan fingerprint density at radius 2 is 2.21 bits per heavy atom. The molecule has 0 aliphatic carbocycles. The predicted octanol–water partition coefficient (Wildman–Crippen LogP) is 3.56. The van der Waals surface area contributed by atoms with Crippen molar-refractivity contribution in [2.45, 2.75) is 19.4 Å². The molecule has 100 valence electrons. The van der Waals surface area contributed by atoms with Gasteiger partial charge in [-0.3, -0.25) is 10.1 Å². The highest BCUT2D eigenvalue weighted by atomic mass is 79.9. The summed E-state index contributed by atoms with van der Waals surface area (Å²) < 4.78 is 0.566. The van der Waals surface area contributed by atoms with Crippen molar-refractivity contribution in [3.05, 3.63) is 43.4 Å². The third-order valence-corrected chi connectivity index (χ3v) is 3.96. The molecule has 8 heteroatoms. The van der Waals surface area contributed by atoms with Crippen molar-refractivity contribution >= 4 is 38.8 Å². The number of halogens is 1. The summed E-state index contributed by atoms with van der Waals surface area (Å²) in [6.07, 6.45) is 3.22. The second-order valence-electron chi connectivity index (χ2n) is 4.37. The van der Waals surface area contributed by atoms with Crippen LogP contribution in [0.2, 0.25) is 0 Å². The van der Waals surface area contributed by atoms with Crippen molar-refractivity contribution in [3.8, 4) is 0 Å². The Balaban J connectivity index is 2.36. The van der Waals surface area contributed by atoms with Gasteiger partial charge in [-0.15, -0.1) is 11.3 Å². The van der Waals surface area contributed by atoms with E-state index in [4.69, 9.17) is 0 Å². The zero-order valence-electron chi connectivity index (χ0n) is 10.3. The number of thiazole rings is 1. The first-order valence-electron chi connectivity index (χ1n) is 5.38. The van der Waals surface area contributed by atoms with Crippen LogP contribution in [0.5, 0.6) is 0 Å². The van der Waals surface area contributed by atoms with E-state index in [2.05, 4.69) is 31.2 Å². The van der Waals surface area contributed by atoms with Crippen LogP contribution in [-0.2, 0) is 5.54 Å². The Bertz CT molecular complexity index is 601. The van der Waals surface area contributed by atoms with Gasteiger partial charge in [0.05, 0.1) is 10.5 Å². The lowest BCUT2D eigenvalue weighted by Crippen LogP contribution is -2.28. The SMILES string of the molecule is CC(C)(Nc1ncc(Br)cc1[N+](=O)[O-])c1nccs1. The lowest BCUT2D eigenvalue weighted by molar-refractivity contribution is -0.384. The molecule has 0 unspecified atom stereocenters. The van der Waals surface area contributed by atoms with Crippen molar-refractivity contribution in [1.82, 2.24) is 9.97 Å². The molecule has 0 amide bonds. The molecule has 0 saturated heterocycles. The Kier molecular flexibility index (Phi) is 3.81. The molecular formula is C11H11BrN4O2S. The number of pyridine rings is 1. The van der Waals surface area contributed by atoms with Crippen LogP contribution in [0.1, 0.15) is 18.9 Å². The smallest absolute Gasteiger partial charge is 0.312 e. The number of aromatic nitrogens is 2. The van der Waals surface area contributed by atoms with E-state index < -0.39 is 10.5 Å². The minimum Gasteiger partial charge on any atom is -0.353 e. The summed E-state index contributed by atoms with van der Waals surface area (Å²) in [5.41, 5.74) is -0.598. The third kappa shape index (κ3) is 3.07. The fraction of sp³-hybridized carbons (Fsp3) is 0.273. The number of anilines is 1. The molecule has 2 heterocycles. The molecule has 2 aromatic heterocycles. The van der Waals surface area contributed by atoms with Crippen LogP contribution in [0.25, 0.3) is 0 Å². The van der Waals surface area contributed by atoms with Crippen LogP contribution in [0.4, 0.5) is 11.5 Å². The number of nitrogens with zero attached hydrogens (tertiary/aromatic N) is 3. The molecule has 0 spiro atoms.